The molecule has 2 rings (SSSR count). The van der Waals surface area contributed by atoms with E-state index >= 15 is 0 Å². The molecule has 2 aromatic rings. The maximum absolute atomic E-state index is 4.30. The molecular weight excluding hydrogens is 200 g/mol. The van der Waals surface area contributed by atoms with E-state index < -0.39 is 0 Å². The molecule has 0 saturated carbocycles. The summed E-state index contributed by atoms with van der Waals surface area (Å²) in [5.41, 5.74) is 3.45. The van der Waals surface area contributed by atoms with E-state index in [9.17, 15) is 0 Å². The second-order valence-electron chi connectivity index (χ2n) is 3.95. The SMILES string of the molecule is Cc1cncc(CNCc2ccn(C)n2)c1. The fourth-order valence-corrected chi connectivity index (χ4v) is 1.61. The van der Waals surface area contributed by atoms with Gasteiger partial charge in [-0.15, -0.1) is 0 Å². The lowest BCUT2D eigenvalue weighted by Gasteiger charge is -2.03. The molecule has 1 N–H and O–H groups in total. The first kappa shape index (κ1) is 10.8. The quantitative estimate of drug-likeness (QED) is 0.840. The van der Waals surface area contributed by atoms with E-state index in [4.69, 9.17) is 0 Å². The molecule has 4 nitrogen and oxygen atoms in total. The molecule has 0 spiro atoms. The van der Waals surface area contributed by atoms with Crippen LogP contribution in [-0.2, 0) is 20.1 Å². The van der Waals surface area contributed by atoms with Gasteiger partial charge in [-0.1, -0.05) is 6.07 Å². The van der Waals surface area contributed by atoms with E-state index in [0.29, 0.717) is 0 Å². The van der Waals surface area contributed by atoms with Crippen molar-refractivity contribution in [3.05, 3.63) is 47.5 Å². The van der Waals surface area contributed by atoms with Crippen LogP contribution in [0.15, 0.2) is 30.7 Å². The van der Waals surface area contributed by atoms with Crippen LogP contribution < -0.4 is 5.32 Å². The molecule has 0 atom stereocenters. The number of hydrogen-bond acceptors (Lipinski definition) is 3. The standard InChI is InChI=1S/C12H16N4/c1-10-5-11(7-13-6-10)8-14-9-12-3-4-16(2)15-12/h3-7,14H,8-9H2,1-2H3. The molecule has 0 aromatic carbocycles. The molecule has 0 aliphatic heterocycles. The van der Waals surface area contributed by atoms with Crippen molar-refractivity contribution < 1.29 is 0 Å². The fourth-order valence-electron chi connectivity index (χ4n) is 1.61. The van der Waals surface area contributed by atoms with Gasteiger partial charge in [0.1, 0.15) is 0 Å². The highest BCUT2D eigenvalue weighted by Gasteiger charge is 1.97. The summed E-state index contributed by atoms with van der Waals surface area (Å²) < 4.78 is 1.81. The maximum atomic E-state index is 4.30. The summed E-state index contributed by atoms with van der Waals surface area (Å²) in [5.74, 6) is 0. The second-order valence-corrected chi connectivity index (χ2v) is 3.95. The Hall–Kier alpha value is -1.68. The molecule has 2 heterocycles. The van der Waals surface area contributed by atoms with Crippen molar-refractivity contribution in [3.8, 4) is 0 Å². The van der Waals surface area contributed by atoms with E-state index in [1.54, 1.807) is 0 Å². The Morgan fingerprint density at radius 2 is 2.19 bits per heavy atom. The summed E-state index contributed by atoms with van der Waals surface area (Å²) in [6.07, 6.45) is 5.70. The molecule has 4 heteroatoms. The van der Waals surface area contributed by atoms with Gasteiger partial charge < -0.3 is 5.32 Å². The second kappa shape index (κ2) is 4.90. The number of aryl methyl sites for hydroxylation is 2. The number of nitrogens with zero attached hydrogens (tertiary/aromatic N) is 3. The van der Waals surface area contributed by atoms with Crippen LogP contribution >= 0.6 is 0 Å². The number of hydrogen-bond donors (Lipinski definition) is 1. The Kier molecular flexibility index (Phi) is 3.31. The molecular formula is C12H16N4. The van der Waals surface area contributed by atoms with Crippen molar-refractivity contribution in [2.75, 3.05) is 0 Å². The highest BCUT2D eigenvalue weighted by Crippen LogP contribution is 2.01. The Balaban J connectivity index is 1.84. The largest absolute Gasteiger partial charge is 0.307 e. The third kappa shape index (κ3) is 2.90. The predicted molar refractivity (Wildman–Crippen MR) is 62.7 cm³/mol. The van der Waals surface area contributed by atoms with Crippen LogP contribution in [0.2, 0.25) is 0 Å². The lowest BCUT2D eigenvalue weighted by atomic mass is 10.2. The monoisotopic (exact) mass is 216 g/mol. The smallest absolute Gasteiger partial charge is 0.0762 e. The zero-order valence-corrected chi connectivity index (χ0v) is 9.64. The van der Waals surface area contributed by atoms with Crippen molar-refractivity contribution in [1.82, 2.24) is 20.1 Å². The highest BCUT2D eigenvalue weighted by molar-refractivity contribution is 5.16. The van der Waals surface area contributed by atoms with Crippen LogP contribution in [0.4, 0.5) is 0 Å². The summed E-state index contributed by atoms with van der Waals surface area (Å²) in [4.78, 5) is 4.15. The molecule has 2 aromatic heterocycles. The molecule has 0 aliphatic rings. The third-order valence-electron chi connectivity index (χ3n) is 2.34. The number of nitrogens with one attached hydrogen (secondary N) is 1. The minimum Gasteiger partial charge on any atom is -0.307 e. The Bertz CT molecular complexity index is 462. The first-order valence-corrected chi connectivity index (χ1v) is 5.34. The van der Waals surface area contributed by atoms with Crippen LogP contribution in [0.1, 0.15) is 16.8 Å². The van der Waals surface area contributed by atoms with E-state index in [0.717, 1.165) is 18.8 Å². The van der Waals surface area contributed by atoms with E-state index in [1.165, 1.54) is 11.1 Å². The average Bonchev–Trinajstić information content (AvgIpc) is 2.64. The van der Waals surface area contributed by atoms with E-state index in [2.05, 4.69) is 28.4 Å². The van der Waals surface area contributed by atoms with Crippen molar-refractivity contribution in [3.63, 3.8) is 0 Å². The predicted octanol–water partition coefficient (Wildman–Crippen LogP) is 1.41. The van der Waals surface area contributed by atoms with Gasteiger partial charge in [0, 0.05) is 38.7 Å². The highest BCUT2D eigenvalue weighted by atomic mass is 15.3. The molecule has 0 amide bonds. The summed E-state index contributed by atoms with van der Waals surface area (Å²) >= 11 is 0. The third-order valence-corrected chi connectivity index (χ3v) is 2.34. The maximum Gasteiger partial charge on any atom is 0.0762 e. The molecule has 84 valence electrons. The van der Waals surface area contributed by atoms with Gasteiger partial charge in [-0.2, -0.15) is 5.10 Å². The normalized spacial score (nSPS) is 10.6. The first-order chi connectivity index (χ1) is 7.74. The molecule has 0 bridgehead atoms. The number of rotatable bonds is 4. The van der Waals surface area contributed by atoms with E-state index in [1.807, 2.05) is 36.4 Å². The van der Waals surface area contributed by atoms with Crippen LogP contribution in [0.25, 0.3) is 0 Å². The molecule has 16 heavy (non-hydrogen) atoms. The first-order valence-electron chi connectivity index (χ1n) is 5.34. The summed E-state index contributed by atoms with van der Waals surface area (Å²) in [7, 11) is 1.92. The van der Waals surface area contributed by atoms with Crippen LogP contribution in [0.3, 0.4) is 0 Å². The molecule has 0 unspecified atom stereocenters. The zero-order chi connectivity index (χ0) is 11.4. The molecule has 0 fully saturated rings. The summed E-state index contributed by atoms with van der Waals surface area (Å²) in [6.45, 7) is 3.66. The van der Waals surface area contributed by atoms with E-state index in [-0.39, 0.29) is 0 Å². The van der Waals surface area contributed by atoms with Crippen molar-refractivity contribution in [2.24, 2.45) is 7.05 Å². The van der Waals surface area contributed by atoms with Gasteiger partial charge in [0.25, 0.3) is 0 Å². The van der Waals surface area contributed by atoms with Gasteiger partial charge in [-0.25, -0.2) is 0 Å². The minimum atomic E-state index is 0.786. The summed E-state index contributed by atoms with van der Waals surface area (Å²) in [6, 6.07) is 4.15. The van der Waals surface area contributed by atoms with Crippen molar-refractivity contribution >= 4 is 0 Å². The summed E-state index contributed by atoms with van der Waals surface area (Å²) in [5, 5.41) is 7.64. The van der Waals surface area contributed by atoms with Gasteiger partial charge >= 0.3 is 0 Å². The fraction of sp³-hybridized carbons (Fsp3) is 0.333. The molecule has 0 radical (unpaired) electrons. The molecule has 0 aliphatic carbocycles. The Morgan fingerprint density at radius 3 is 2.88 bits per heavy atom. The van der Waals surface area contributed by atoms with Gasteiger partial charge in [0.05, 0.1) is 5.69 Å². The zero-order valence-electron chi connectivity index (χ0n) is 9.64. The van der Waals surface area contributed by atoms with Gasteiger partial charge in [-0.05, 0) is 24.1 Å². The van der Waals surface area contributed by atoms with Gasteiger partial charge in [-0.3, -0.25) is 9.67 Å². The van der Waals surface area contributed by atoms with Crippen LogP contribution in [0, 0.1) is 6.92 Å². The lowest BCUT2D eigenvalue weighted by Crippen LogP contribution is -2.13. The van der Waals surface area contributed by atoms with Crippen LogP contribution in [0.5, 0.6) is 0 Å². The average molecular weight is 216 g/mol. The molecule has 0 saturated heterocycles. The lowest BCUT2D eigenvalue weighted by molar-refractivity contribution is 0.655. The minimum absolute atomic E-state index is 0.786. The van der Waals surface area contributed by atoms with Gasteiger partial charge in [0.15, 0.2) is 0 Å². The topological polar surface area (TPSA) is 42.7 Å². The van der Waals surface area contributed by atoms with Gasteiger partial charge in [0.2, 0.25) is 0 Å². The number of aromatic nitrogens is 3. The Labute approximate surface area is 95.3 Å². The van der Waals surface area contributed by atoms with Crippen molar-refractivity contribution in [1.29, 1.82) is 0 Å². The Morgan fingerprint density at radius 1 is 1.31 bits per heavy atom. The van der Waals surface area contributed by atoms with Crippen molar-refractivity contribution in [2.45, 2.75) is 20.0 Å². The number of pyridine rings is 1. The van der Waals surface area contributed by atoms with Crippen LogP contribution in [-0.4, -0.2) is 14.8 Å².